The monoisotopic (exact) mass is 293 g/mol. The topological polar surface area (TPSA) is 19.7 Å². The normalized spacial score (nSPS) is 11.1. The lowest BCUT2D eigenvalue weighted by Gasteiger charge is -2.02. The molecule has 2 heteroatoms. The van der Waals surface area contributed by atoms with Gasteiger partial charge in [0.15, 0.2) is 0 Å². The van der Waals surface area contributed by atoms with E-state index in [1.54, 1.807) is 0 Å². The molecule has 0 aliphatic carbocycles. The number of nitrogens with one attached hydrogen (secondary N) is 1. The minimum absolute atomic E-state index is 1.08. The zero-order valence-corrected chi connectivity index (χ0v) is 14.5. The molecule has 1 N–H and O–H groups in total. The fourth-order valence-electron chi connectivity index (χ4n) is 3.04. The van der Waals surface area contributed by atoms with Crippen LogP contribution in [0.1, 0.15) is 96.7 Å². The van der Waals surface area contributed by atoms with Crippen molar-refractivity contribution < 1.29 is 4.57 Å². The molecule has 0 saturated carbocycles. The van der Waals surface area contributed by atoms with Gasteiger partial charge in [-0.25, -0.2) is 9.55 Å². The summed E-state index contributed by atoms with van der Waals surface area (Å²) in [7, 11) is 0. The quantitative estimate of drug-likeness (QED) is 0.342. The number of rotatable bonds is 14. The van der Waals surface area contributed by atoms with Crippen LogP contribution in [0.3, 0.4) is 0 Å². The van der Waals surface area contributed by atoms with Crippen LogP contribution < -0.4 is 4.57 Å². The molecule has 0 aliphatic rings. The maximum Gasteiger partial charge on any atom is 0.254 e. The van der Waals surface area contributed by atoms with Crippen LogP contribution in [-0.4, -0.2) is 4.98 Å². The highest BCUT2D eigenvalue weighted by Gasteiger charge is 2.07. The van der Waals surface area contributed by atoms with Gasteiger partial charge in [-0.05, 0) is 13.3 Å². The largest absolute Gasteiger partial charge is 0.254 e. The summed E-state index contributed by atoms with van der Waals surface area (Å²) in [5, 5.41) is 0. The maximum absolute atomic E-state index is 3.36. The van der Waals surface area contributed by atoms with Crippen molar-refractivity contribution in [2.75, 3.05) is 0 Å². The van der Waals surface area contributed by atoms with Gasteiger partial charge in [-0.2, -0.15) is 0 Å². The molecule has 1 rings (SSSR count). The lowest BCUT2D eigenvalue weighted by Crippen LogP contribution is -2.34. The summed E-state index contributed by atoms with van der Waals surface area (Å²) in [6.07, 6.45) is 22.5. The van der Waals surface area contributed by atoms with E-state index in [1.807, 2.05) is 0 Å². The van der Waals surface area contributed by atoms with Gasteiger partial charge in [0.25, 0.3) is 5.82 Å². The van der Waals surface area contributed by atoms with E-state index in [1.165, 1.54) is 89.3 Å². The van der Waals surface area contributed by atoms with Crippen LogP contribution in [0, 0.1) is 0 Å². The molecule has 0 unspecified atom stereocenters. The van der Waals surface area contributed by atoms with Crippen LogP contribution in [0.25, 0.3) is 0 Å². The van der Waals surface area contributed by atoms with Crippen LogP contribution in [-0.2, 0) is 13.0 Å². The Bertz CT molecular complexity index is 330. The highest BCUT2D eigenvalue weighted by atomic mass is 15.0. The Kier molecular flexibility index (Phi) is 11.2. The van der Waals surface area contributed by atoms with E-state index in [0.29, 0.717) is 0 Å². The van der Waals surface area contributed by atoms with Gasteiger partial charge >= 0.3 is 0 Å². The summed E-state index contributed by atoms with van der Waals surface area (Å²) in [5.41, 5.74) is 0. The standard InChI is InChI=1S/C19H36N2/c1-3-5-6-7-8-9-10-11-12-13-14-15-16-19-20-17-18-21(19)4-2/h17-18H,3-16H2,1-2H3/p+1. The van der Waals surface area contributed by atoms with Crippen molar-refractivity contribution >= 4 is 0 Å². The number of unbranched alkanes of at least 4 members (excludes halogenated alkanes) is 11. The summed E-state index contributed by atoms with van der Waals surface area (Å²) in [6, 6.07) is 0. The highest BCUT2D eigenvalue weighted by molar-refractivity contribution is 4.77. The number of H-pyrrole nitrogens is 1. The number of aromatic amines is 1. The van der Waals surface area contributed by atoms with Crippen LogP contribution in [0.4, 0.5) is 0 Å². The summed E-state index contributed by atoms with van der Waals surface area (Å²) in [6.45, 7) is 5.58. The van der Waals surface area contributed by atoms with E-state index in [2.05, 4.69) is 35.8 Å². The molecule has 0 amide bonds. The molecule has 1 aromatic rings. The molecule has 0 aromatic carbocycles. The minimum atomic E-state index is 1.08. The molecular formula is C19H37N2+. The molecule has 0 bridgehead atoms. The van der Waals surface area contributed by atoms with Gasteiger partial charge in [-0.1, -0.05) is 77.6 Å². The third-order valence-electron chi connectivity index (χ3n) is 4.46. The van der Waals surface area contributed by atoms with E-state index in [9.17, 15) is 0 Å². The second kappa shape index (κ2) is 12.9. The second-order valence-corrected chi connectivity index (χ2v) is 6.33. The fourth-order valence-corrected chi connectivity index (χ4v) is 3.04. The zero-order valence-electron chi connectivity index (χ0n) is 14.5. The molecule has 1 aromatic heterocycles. The van der Waals surface area contributed by atoms with Gasteiger partial charge in [0.05, 0.1) is 6.54 Å². The maximum atomic E-state index is 3.36. The summed E-state index contributed by atoms with van der Waals surface area (Å²) < 4.78 is 2.32. The number of hydrogen-bond donors (Lipinski definition) is 1. The van der Waals surface area contributed by atoms with Crippen molar-refractivity contribution in [2.45, 2.75) is 104 Å². The second-order valence-electron chi connectivity index (χ2n) is 6.33. The zero-order chi connectivity index (χ0) is 15.2. The Morgan fingerprint density at radius 3 is 1.81 bits per heavy atom. The molecule has 1 heterocycles. The molecule has 0 radical (unpaired) electrons. The average molecular weight is 294 g/mol. The molecule has 2 nitrogen and oxygen atoms in total. The van der Waals surface area contributed by atoms with Crippen molar-refractivity contribution in [1.29, 1.82) is 0 Å². The highest BCUT2D eigenvalue weighted by Crippen LogP contribution is 2.12. The number of aryl methyl sites for hydroxylation is 2. The predicted molar refractivity (Wildman–Crippen MR) is 91.4 cm³/mol. The summed E-state index contributed by atoms with van der Waals surface area (Å²) in [4.78, 5) is 3.36. The Balaban J connectivity index is 1.83. The Morgan fingerprint density at radius 1 is 0.762 bits per heavy atom. The Morgan fingerprint density at radius 2 is 1.29 bits per heavy atom. The first kappa shape index (κ1) is 18.3. The SMILES string of the molecule is CCCCCCCCCCCCCCc1[nH]cc[n+]1CC. The van der Waals surface area contributed by atoms with Crippen molar-refractivity contribution in [1.82, 2.24) is 4.98 Å². The van der Waals surface area contributed by atoms with Gasteiger partial charge < -0.3 is 0 Å². The molecule has 0 spiro atoms. The van der Waals surface area contributed by atoms with E-state index < -0.39 is 0 Å². The fraction of sp³-hybridized carbons (Fsp3) is 0.842. The molecule has 0 atom stereocenters. The van der Waals surface area contributed by atoms with Crippen LogP contribution >= 0.6 is 0 Å². The van der Waals surface area contributed by atoms with E-state index in [4.69, 9.17) is 0 Å². The molecular weight excluding hydrogens is 256 g/mol. The van der Waals surface area contributed by atoms with E-state index >= 15 is 0 Å². The predicted octanol–water partition coefficient (Wildman–Crippen LogP) is 5.57. The van der Waals surface area contributed by atoms with Crippen molar-refractivity contribution in [3.8, 4) is 0 Å². The Hall–Kier alpha value is -0.790. The van der Waals surface area contributed by atoms with Crippen LogP contribution in [0.15, 0.2) is 12.4 Å². The summed E-state index contributed by atoms with van der Waals surface area (Å²) >= 11 is 0. The molecule has 0 saturated heterocycles. The number of aromatic nitrogens is 2. The van der Waals surface area contributed by atoms with Gasteiger partial charge in [-0.15, -0.1) is 0 Å². The first-order chi connectivity index (χ1) is 10.4. The van der Waals surface area contributed by atoms with Crippen molar-refractivity contribution in [3.63, 3.8) is 0 Å². The van der Waals surface area contributed by atoms with Crippen molar-refractivity contribution in [3.05, 3.63) is 18.2 Å². The third-order valence-corrected chi connectivity index (χ3v) is 4.46. The van der Waals surface area contributed by atoms with Gasteiger partial charge in [0.1, 0.15) is 12.4 Å². The average Bonchev–Trinajstić information content (AvgIpc) is 2.96. The van der Waals surface area contributed by atoms with Crippen molar-refractivity contribution in [2.24, 2.45) is 0 Å². The summed E-state index contributed by atoms with van der Waals surface area (Å²) in [5.74, 6) is 1.39. The lowest BCUT2D eigenvalue weighted by atomic mass is 10.0. The smallest absolute Gasteiger partial charge is 0.248 e. The van der Waals surface area contributed by atoms with Gasteiger partial charge in [0.2, 0.25) is 0 Å². The van der Waals surface area contributed by atoms with E-state index in [-0.39, 0.29) is 0 Å². The van der Waals surface area contributed by atoms with E-state index in [0.717, 1.165) is 6.54 Å². The number of nitrogens with zero attached hydrogens (tertiary/aromatic N) is 1. The molecule has 122 valence electrons. The molecule has 0 fully saturated rings. The number of hydrogen-bond acceptors (Lipinski definition) is 0. The number of imidazole rings is 1. The molecule has 21 heavy (non-hydrogen) atoms. The van der Waals surface area contributed by atoms with Gasteiger partial charge in [0, 0.05) is 6.42 Å². The minimum Gasteiger partial charge on any atom is -0.248 e. The lowest BCUT2D eigenvalue weighted by molar-refractivity contribution is -0.699. The first-order valence-corrected chi connectivity index (χ1v) is 9.44. The Labute approximate surface area is 132 Å². The third kappa shape index (κ3) is 8.95. The van der Waals surface area contributed by atoms with Gasteiger partial charge in [-0.3, -0.25) is 0 Å². The first-order valence-electron chi connectivity index (χ1n) is 9.44. The van der Waals surface area contributed by atoms with Crippen LogP contribution in [0.5, 0.6) is 0 Å². The molecule has 0 aliphatic heterocycles. The van der Waals surface area contributed by atoms with Crippen LogP contribution in [0.2, 0.25) is 0 Å².